The predicted molar refractivity (Wildman–Crippen MR) is 87.1 cm³/mol. The maximum atomic E-state index is 12.7. The molecule has 4 rings (SSSR count). The highest BCUT2D eigenvalue weighted by Crippen LogP contribution is 2.37. The molecule has 5 heteroatoms. The minimum absolute atomic E-state index is 0.0229. The van der Waals surface area contributed by atoms with E-state index in [1.807, 2.05) is 23.1 Å². The van der Waals surface area contributed by atoms with Gasteiger partial charge >= 0.3 is 0 Å². The average molecular weight is 308 g/mol. The standard InChI is InChI=1S/C18H20N4O/c23-18(15-10-20-17(21-11-15)14-6-7-14)22-9-8-19-16(12-22)13-4-2-1-3-5-13/h1-5,10-11,14,16,19H,6-9,12H2/t16-/m0/s1. The van der Waals surface area contributed by atoms with E-state index in [0.29, 0.717) is 24.6 Å². The zero-order chi connectivity index (χ0) is 15.6. The summed E-state index contributed by atoms with van der Waals surface area (Å²) in [4.78, 5) is 23.3. The zero-order valence-electron chi connectivity index (χ0n) is 13.0. The van der Waals surface area contributed by atoms with E-state index in [4.69, 9.17) is 0 Å². The number of hydrogen-bond donors (Lipinski definition) is 1. The van der Waals surface area contributed by atoms with Crippen LogP contribution >= 0.6 is 0 Å². The van der Waals surface area contributed by atoms with E-state index in [1.165, 1.54) is 18.4 Å². The van der Waals surface area contributed by atoms with E-state index in [9.17, 15) is 4.79 Å². The lowest BCUT2D eigenvalue weighted by Gasteiger charge is -2.34. The maximum absolute atomic E-state index is 12.7. The smallest absolute Gasteiger partial charge is 0.257 e. The van der Waals surface area contributed by atoms with E-state index < -0.39 is 0 Å². The van der Waals surface area contributed by atoms with Gasteiger partial charge in [0.2, 0.25) is 0 Å². The van der Waals surface area contributed by atoms with Gasteiger partial charge in [-0.05, 0) is 18.4 Å². The summed E-state index contributed by atoms with van der Waals surface area (Å²) in [6.07, 6.45) is 5.71. The molecule has 2 heterocycles. The molecule has 23 heavy (non-hydrogen) atoms. The lowest BCUT2D eigenvalue weighted by atomic mass is 10.0. The van der Waals surface area contributed by atoms with Crippen molar-refractivity contribution in [3.63, 3.8) is 0 Å². The molecule has 0 radical (unpaired) electrons. The summed E-state index contributed by atoms with van der Waals surface area (Å²) in [7, 11) is 0. The van der Waals surface area contributed by atoms with Gasteiger partial charge in [0.05, 0.1) is 5.56 Å². The van der Waals surface area contributed by atoms with Crippen molar-refractivity contribution >= 4 is 5.91 Å². The van der Waals surface area contributed by atoms with Crippen LogP contribution in [0.15, 0.2) is 42.7 Å². The second-order valence-electron chi connectivity index (χ2n) is 6.27. The molecule has 2 aromatic rings. The molecule has 0 unspecified atom stereocenters. The molecule has 0 spiro atoms. The third-order valence-electron chi connectivity index (χ3n) is 4.53. The van der Waals surface area contributed by atoms with Gasteiger partial charge in [0, 0.05) is 44.0 Å². The van der Waals surface area contributed by atoms with E-state index in [2.05, 4.69) is 27.4 Å². The van der Waals surface area contributed by atoms with Crippen LogP contribution in [0.5, 0.6) is 0 Å². The Balaban J connectivity index is 1.47. The third kappa shape index (κ3) is 3.10. The molecule has 1 aliphatic carbocycles. The molecule has 2 fully saturated rings. The summed E-state index contributed by atoms with van der Waals surface area (Å²) >= 11 is 0. The Morgan fingerprint density at radius 3 is 2.57 bits per heavy atom. The van der Waals surface area contributed by atoms with Crippen LogP contribution in [-0.2, 0) is 0 Å². The highest BCUT2D eigenvalue weighted by molar-refractivity contribution is 5.93. The minimum Gasteiger partial charge on any atom is -0.335 e. The van der Waals surface area contributed by atoms with Crippen LogP contribution in [0.2, 0.25) is 0 Å². The van der Waals surface area contributed by atoms with Crippen molar-refractivity contribution in [1.82, 2.24) is 20.2 Å². The largest absolute Gasteiger partial charge is 0.335 e. The zero-order valence-corrected chi connectivity index (χ0v) is 13.0. The number of carbonyl (C=O) groups excluding carboxylic acids is 1. The second kappa shape index (κ2) is 6.08. The fraction of sp³-hybridized carbons (Fsp3) is 0.389. The molecule has 1 saturated heterocycles. The monoisotopic (exact) mass is 308 g/mol. The minimum atomic E-state index is 0.0229. The van der Waals surface area contributed by atoms with Crippen molar-refractivity contribution in [2.75, 3.05) is 19.6 Å². The van der Waals surface area contributed by atoms with Crippen molar-refractivity contribution in [2.45, 2.75) is 24.8 Å². The molecule has 1 saturated carbocycles. The van der Waals surface area contributed by atoms with E-state index in [1.54, 1.807) is 12.4 Å². The Labute approximate surface area is 135 Å². The number of amides is 1. The van der Waals surface area contributed by atoms with E-state index in [-0.39, 0.29) is 11.9 Å². The summed E-state index contributed by atoms with van der Waals surface area (Å²) in [5, 5.41) is 3.48. The van der Waals surface area contributed by atoms with Gasteiger partial charge < -0.3 is 10.2 Å². The van der Waals surface area contributed by atoms with E-state index in [0.717, 1.165) is 12.4 Å². The van der Waals surface area contributed by atoms with Crippen LogP contribution < -0.4 is 5.32 Å². The number of piperazine rings is 1. The summed E-state index contributed by atoms with van der Waals surface area (Å²) in [5.41, 5.74) is 1.80. The molecule has 118 valence electrons. The van der Waals surface area contributed by atoms with Gasteiger partial charge in [0.1, 0.15) is 5.82 Å². The molecule has 1 amide bonds. The first-order valence-electron chi connectivity index (χ1n) is 8.21. The second-order valence-corrected chi connectivity index (χ2v) is 6.27. The van der Waals surface area contributed by atoms with Gasteiger partial charge in [-0.2, -0.15) is 0 Å². The summed E-state index contributed by atoms with van der Waals surface area (Å²) in [5.74, 6) is 1.42. The van der Waals surface area contributed by atoms with Gasteiger partial charge in [-0.15, -0.1) is 0 Å². The SMILES string of the molecule is O=C(c1cnc(C2CC2)nc1)N1CCN[C@H](c2ccccc2)C1. The third-order valence-corrected chi connectivity index (χ3v) is 4.53. The molecule has 1 aromatic heterocycles. The number of benzene rings is 1. The van der Waals surface area contributed by atoms with Crippen molar-refractivity contribution in [1.29, 1.82) is 0 Å². The predicted octanol–water partition coefficient (Wildman–Crippen LogP) is 2.14. The topological polar surface area (TPSA) is 58.1 Å². The van der Waals surface area contributed by atoms with Crippen LogP contribution in [0.25, 0.3) is 0 Å². The van der Waals surface area contributed by atoms with Crippen LogP contribution in [0.3, 0.4) is 0 Å². The molecular weight excluding hydrogens is 288 g/mol. The highest BCUT2D eigenvalue weighted by Gasteiger charge is 2.28. The first-order valence-corrected chi connectivity index (χ1v) is 8.21. The summed E-state index contributed by atoms with van der Waals surface area (Å²) in [6.45, 7) is 2.19. The maximum Gasteiger partial charge on any atom is 0.257 e. The Morgan fingerprint density at radius 1 is 1.13 bits per heavy atom. The highest BCUT2D eigenvalue weighted by atomic mass is 16.2. The first kappa shape index (κ1) is 14.3. The van der Waals surface area contributed by atoms with Crippen LogP contribution in [0.4, 0.5) is 0 Å². The summed E-state index contributed by atoms with van der Waals surface area (Å²) < 4.78 is 0. The molecule has 1 N–H and O–H groups in total. The number of nitrogens with zero attached hydrogens (tertiary/aromatic N) is 3. The first-order chi connectivity index (χ1) is 11.3. The molecule has 1 atom stereocenters. The molecular formula is C18H20N4O. The van der Waals surface area contributed by atoms with Crippen LogP contribution in [0, 0.1) is 0 Å². The van der Waals surface area contributed by atoms with Crippen molar-refractivity contribution in [2.24, 2.45) is 0 Å². The molecule has 1 aliphatic heterocycles. The normalized spacial score (nSPS) is 21.2. The number of aromatic nitrogens is 2. The van der Waals surface area contributed by atoms with Crippen molar-refractivity contribution in [3.8, 4) is 0 Å². The van der Waals surface area contributed by atoms with Crippen LogP contribution in [0.1, 0.15) is 46.5 Å². The number of nitrogens with one attached hydrogen (secondary N) is 1. The fourth-order valence-corrected chi connectivity index (χ4v) is 3.03. The van der Waals surface area contributed by atoms with Gasteiger partial charge in [-0.3, -0.25) is 4.79 Å². The Morgan fingerprint density at radius 2 is 1.87 bits per heavy atom. The van der Waals surface area contributed by atoms with Gasteiger partial charge in [0.15, 0.2) is 0 Å². The van der Waals surface area contributed by atoms with Crippen molar-refractivity contribution in [3.05, 3.63) is 59.7 Å². The Kier molecular flexibility index (Phi) is 3.79. The molecule has 2 aliphatic rings. The van der Waals surface area contributed by atoms with Gasteiger partial charge in [0.25, 0.3) is 5.91 Å². The number of hydrogen-bond acceptors (Lipinski definition) is 4. The quantitative estimate of drug-likeness (QED) is 0.944. The molecule has 1 aromatic carbocycles. The lowest BCUT2D eigenvalue weighted by molar-refractivity contribution is 0.0702. The van der Waals surface area contributed by atoms with Crippen LogP contribution in [-0.4, -0.2) is 40.4 Å². The van der Waals surface area contributed by atoms with E-state index >= 15 is 0 Å². The number of carbonyl (C=O) groups is 1. The Bertz CT molecular complexity index is 682. The number of rotatable bonds is 3. The average Bonchev–Trinajstić information content (AvgIpc) is 3.47. The lowest BCUT2D eigenvalue weighted by Crippen LogP contribution is -2.48. The molecule has 5 nitrogen and oxygen atoms in total. The van der Waals surface area contributed by atoms with Crippen molar-refractivity contribution < 1.29 is 4.79 Å². The summed E-state index contributed by atoms with van der Waals surface area (Å²) in [6, 6.07) is 10.4. The fourth-order valence-electron chi connectivity index (χ4n) is 3.03. The van der Waals surface area contributed by atoms with Gasteiger partial charge in [-0.25, -0.2) is 9.97 Å². The van der Waals surface area contributed by atoms with Gasteiger partial charge in [-0.1, -0.05) is 30.3 Å². The molecule has 0 bridgehead atoms. The Hall–Kier alpha value is -2.27.